The van der Waals surface area contributed by atoms with Crippen molar-refractivity contribution in [3.63, 3.8) is 0 Å². The van der Waals surface area contributed by atoms with Gasteiger partial charge in [-0.2, -0.15) is 0 Å². The molecule has 1 atom stereocenters. The normalized spacial score (nSPS) is 16.6. The Kier molecular flexibility index (Phi) is 8.07. The fourth-order valence-corrected chi connectivity index (χ4v) is 3.59. The summed E-state index contributed by atoms with van der Waals surface area (Å²) in [7, 11) is 0. The van der Waals surface area contributed by atoms with E-state index in [1.165, 1.54) is 12.1 Å². The molecule has 8 heteroatoms. The lowest BCUT2D eigenvalue weighted by molar-refractivity contribution is -0.384. The number of hydrogen-bond donors (Lipinski definition) is 1. The number of halogens is 1. The first-order valence-corrected chi connectivity index (χ1v) is 8.65. The Morgan fingerprint density at radius 1 is 1.46 bits per heavy atom. The molecule has 1 heterocycles. The van der Waals surface area contributed by atoms with Crippen molar-refractivity contribution in [1.82, 2.24) is 10.2 Å². The second kappa shape index (κ2) is 9.54. The maximum atomic E-state index is 12.1. The summed E-state index contributed by atoms with van der Waals surface area (Å²) in [5.41, 5.74) is 1.99. The highest BCUT2D eigenvalue weighted by Gasteiger charge is 2.32. The molecule has 1 saturated heterocycles. The summed E-state index contributed by atoms with van der Waals surface area (Å²) < 4.78 is 0. The fourth-order valence-electron chi connectivity index (χ4n) is 2.37. The molecule has 0 bridgehead atoms. The van der Waals surface area contributed by atoms with Crippen molar-refractivity contribution < 1.29 is 9.72 Å². The number of carbonyl (C=O) groups excluding carboxylic acids is 1. The third-order valence-corrected chi connectivity index (χ3v) is 4.99. The Hall–Kier alpha value is -1.73. The van der Waals surface area contributed by atoms with Gasteiger partial charge in [-0.1, -0.05) is 13.5 Å². The highest BCUT2D eigenvalue weighted by atomic mass is 35.5. The van der Waals surface area contributed by atoms with Crippen LogP contribution in [0.2, 0.25) is 0 Å². The summed E-state index contributed by atoms with van der Waals surface area (Å²) in [6, 6.07) is 6.45. The Morgan fingerprint density at radius 2 is 2.12 bits per heavy atom. The highest BCUT2D eigenvalue weighted by molar-refractivity contribution is 8.00. The molecule has 1 N–H and O–H groups in total. The van der Waals surface area contributed by atoms with E-state index in [-0.39, 0.29) is 29.4 Å². The van der Waals surface area contributed by atoms with Crippen molar-refractivity contribution in [2.75, 3.05) is 18.8 Å². The van der Waals surface area contributed by atoms with E-state index in [0.717, 1.165) is 30.6 Å². The molecule has 2 rings (SSSR count). The van der Waals surface area contributed by atoms with Gasteiger partial charge in [-0.15, -0.1) is 24.2 Å². The summed E-state index contributed by atoms with van der Waals surface area (Å²) >= 11 is 1.56. The van der Waals surface area contributed by atoms with E-state index in [1.54, 1.807) is 23.9 Å². The van der Waals surface area contributed by atoms with Gasteiger partial charge in [0.1, 0.15) is 5.37 Å². The first-order chi connectivity index (χ1) is 11.0. The maximum Gasteiger partial charge on any atom is 0.269 e. The van der Waals surface area contributed by atoms with Crippen molar-refractivity contribution in [2.24, 2.45) is 0 Å². The molecule has 0 spiro atoms. The van der Waals surface area contributed by atoms with Crippen molar-refractivity contribution >= 4 is 35.8 Å². The SMILES string of the molecule is C=C(CC)NCCCN1C(=O)CSC1c1ccc([N+](=O)[O-])cc1.Cl. The zero-order chi connectivity index (χ0) is 16.8. The Morgan fingerprint density at radius 3 is 2.71 bits per heavy atom. The predicted octanol–water partition coefficient (Wildman–Crippen LogP) is 3.49. The van der Waals surface area contributed by atoms with E-state index in [1.807, 2.05) is 11.8 Å². The monoisotopic (exact) mass is 371 g/mol. The molecule has 1 unspecified atom stereocenters. The zero-order valence-corrected chi connectivity index (χ0v) is 15.2. The molecule has 1 aromatic carbocycles. The van der Waals surface area contributed by atoms with Gasteiger partial charge in [0.25, 0.3) is 5.69 Å². The highest BCUT2D eigenvalue weighted by Crippen LogP contribution is 2.38. The summed E-state index contributed by atoms with van der Waals surface area (Å²) in [5.74, 6) is 0.573. The van der Waals surface area contributed by atoms with Gasteiger partial charge in [0.15, 0.2) is 0 Å². The van der Waals surface area contributed by atoms with Crippen molar-refractivity contribution in [2.45, 2.75) is 25.1 Å². The van der Waals surface area contributed by atoms with Gasteiger partial charge < -0.3 is 10.2 Å². The third kappa shape index (κ3) is 5.14. The van der Waals surface area contributed by atoms with E-state index < -0.39 is 4.92 Å². The first kappa shape index (κ1) is 20.3. The van der Waals surface area contributed by atoms with Crippen LogP contribution in [0.1, 0.15) is 30.7 Å². The average Bonchev–Trinajstić information content (AvgIpc) is 2.92. The molecule has 0 aliphatic carbocycles. The van der Waals surface area contributed by atoms with Gasteiger partial charge in [-0.25, -0.2) is 0 Å². The molecule has 0 saturated carbocycles. The number of carbonyl (C=O) groups is 1. The molecule has 0 radical (unpaired) electrons. The minimum Gasteiger partial charge on any atom is -0.389 e. The van der Waals surface area contributed by atoms with Crippen LogP contribution in [-0.2, 0) is 4.79 Å². The van der Waals surface area contributed by atoms with Gasteiger partial charge in [-0.3, -0.25) is 14.9 Å². The lowest BCUT2D eigenvalue weighted by atomic mass is 10.2. The second-order valence-corrected chi connectivity index (χ2v) is 6.41. The van der Waals surface area contributed by atoms with E-state index >= 15 is 0 Å². The number of nitro groups is 1. The van der Waals surface area contributed by atoms with E-state index in [2.05, 4.69) is 11.9 Å². The number of allylic oxidation sites excluding steroid dienone is 1. The van der Waals surface area contributed by atoms with Gasteiger partial charge in [-0.05, 0) is 30.5 Å². The van der Waals surface area contributed by atoms with Gasteiger partial charge >= 0.3 is 0 Å². The van der Waals surface area contributed by atoms with E-state index in [0.29, 0.717) is 12.3 Å². The van der Waals surface area contributed by atoms with E-state index in [9.17, 15) is 14.9 Å². The van der Waals surface area contributed by atoms with Gasteiger partial charge in [0.2, 0.25) is 5.91 Å². The second-order valence-electron chi connectivity index (χ2n) is 5.34. The van der Waals surface area contributed by atoms with Gasteiger partial charge in [0, 0.05) is 30.9 Å². The molecule has 1 fully saturated rings. The summed E-state index contributed by atoms with van der Waals surface area (Å²) in [6.07, 6.45) is 1.73. The van der Waals surface area contributed by atoms with Crippen LogP contribution >= 0.6 is 24.2 Å². The standard InChI is InChI=1S/C16H21N3O3S.ClH/c1-3-12(2)17-9-4-10-18-15(20)11-23-16(18)13-5-7-14(8-6-13)19(21)22;/h5-8,16-17H,2-4,9-11H2,1H3;1H. The smallest absolute Gasteiger partial charge is 0.269 e. The van der Waals surface area contributed by atoms with Gasteiger partial charge in [0.05, 0.1) is 10.7 Å². The first-order valence-electron chi connectivity index (χ1n) is 7.60. The van der Waals surface area contributed by atoms with Crippen molar-refractivity contribution in [3.05, 3.63) is 52.2 Å². The summed E-state index contributed by atoms with van der Waals surface area (Å²) in [5, 5.41) is 13.9. The number of rotatable bonds is 8. The average molecular weight is 372 g/mol. The molecule has 1 aliphatic heterocycles. The van der Waals surface area contributed by atoms with E-state index in [4.69, 9.17) is 0 Å². The number of nitrogens with one attached hydrogen (secondary N) is 1. The Labute approximate surface area is 152 Å². The largest absolute Gasteiger partial charge is 0.389 e. The third-order valence-electron chi connectivity index (χ3n) is 3.73. The van der Waals surface area contributed by atoms with Crippen LogP contribution in [-0.4, -0.2) is 34.6 Å². The van der Waals surface area contributed by atoms with Crippen LogP contribution in [0.5, 0.6) is 0 Å². The molecule has 132 valence electrons. The number of nitro benzene ring substituents is 1. The van der Waals surface area contributed by atoms with Crippen LogP contribution in [0.25, 0.3) is 0 Å². The Bertz CT molecular complexity index is 595. The lowest BCUT2D eigenvalue weighted by Crippen LogP contribution is -2.31. The number of non-ortho nitro benzene ring substituents is 1. The molecule has 1 aliphatic rings. The number of thioether (sulfide) groups is 1. The van der Waals surface area contributed by atoms with Crippen LogP contribution in [0, 0.1) is 10.1 Å². The van der Waals surface area contributed by atoms with Crippen molar-refractivity contribution in [3.8, 4) is 0 Å². The van der Waals surface area contributed by atoms with Crippen LogP contribution < -0.4 is 5.32 Å². The maximum absolute atomic E-state index is 12.1. The fraction of sp³-hybridized carbons (Fsp3) is 0.438. The number of benzene rings is 1. The molecule has 1 aromatic rings. The Balaban J connectivity index is 0.00000288. The zero-order valence-electron chi connectivity index (χ0n) is 13.6. The topological polar surface area (TPSA) is 75.5 Å². The number of nitrogens with zero attached hydrogens (tertiary/aromatic N) is 2. The van der Waals surface area contributed by atoms with Crippen LogP contribution in [0.4, 0.5) is 5.69 Å². The molecule has 1 amide bonds. The lowest BCUT2D eigenvalue weighted by Gasteiger charge is -2.24. The molecular weight excluding hydrogens is 350 g/mol. The van der Waals surface area contributed by atoms with Crippen molar-refractivity contribution in [1.29, 1.82) is 0 Å². The summed E-state index contributed by atoms with van der Waals surface area (Å²) in [4.78, 5) is 24.2. The minimum atomic E-state index is -0.416. The molecular formula is C16H22ClN3O3S. The number of amides is 1. The molecule has 0 aromatic heterocycles. The quantitative estimate of drug-likeness (QED) is 0.430. The molecule has 24 heavy (non-hydrogen) atoms. The predicted molar refractivity (Wildman–Crippen MR) is 99.3 cm³/mol. The summed E-state index contributed by atoms with van der Waals surface area (Å²) in [6.45, 7) is 7.38. The molecule has 6 nitrogen and oxygen atoms in total. The van der Waals surface area contributed by atoms with Crippen LogP contribution in [0.15, 0.2) is 36.5 Å². The minimum absolute atomic E-state index is 0. The number of hydrogen-bond acceptors (Lipinski definition) is 5. The van der Waals surface area contributed by atoms with Crippen LogP contribution in [0.3, 0.4) is 0 Å².